The van der Waals surface area contributed by atoms with E-state index in [0.29, 0.717) is 27.6 Å². The topological polar surface area (TPSA) is 78.7 Å². The molecule has 0 fully saturated rings. The van der Waals surface area contributed by atoms with Crippen LogP contribution in [0.15, 0.2) is 72.5 Å². The number of rotatable bonds is 5. The summed E-state index contributed by atoms with van der Waals surface area (Å²) in [6.45, 7) is 0.281. The first-order valence-electron chi connectivity index (χ1n) is 8.70. The summed E-state index contributed by atoms with van der Waals surface area (Å²) >= 11 is 6.13. The predicted molar refractivity (Wildman–Crippen MR) is 108 cm³/mol. The number of benzene rings is 3. The van der Waals surface area contributed by atoms with Crippen LogP contribution in [0.25, 0.3) is 6.08 Å². The number of carbonyl (C=O) groups is 1. The maximum Gasteiger partial charge on any atom is 0.270 e. The van der Waals surface area contributed by atoms with Gasteiger partial charge in [0.2, 0.25) is 5.78 Å². The molecule has 0 spiro atoms. The minimum Gasteiger partial charge on any atom is -0.489 e. The smallest absolute Gasteiger partial charge is 0.270 e. The Labute approximate surface area is 171 Å². The predicted octanol–water partition coefficient (Wildman–Crippen LogP) is 5.44. The highest BCUT2D eigenvalue weighted by Crippen LogP contribution is 2.35. The molecule has 0 atom stereocenters. The molecule has 1 aliphatic heterocycles. The third kappa shape index (κ3) is 3.97. The van der Waals surface area contributed by atoms with Crippen molar-refractivity contribution < 1.29 is 19.2 Å². The second-order valence-electron chi connectivity index (χ2n) is 6.33. The third-order valence-corrected chi connectivity index (χ3v) is 4.74. The number of allylic oxidation sites excluding steroid dienone is 1. The number of carbonyl (C=O) groups excluding carboxylic acids is 1. The van der Waals surface area contributed by atoms with Crippen LogP contribution in [-0.2, 0) is 6.61 Å². The molecule has 0 bridgehead atoms. The second kappa shape index (κ2) is 7.77. The van der Waals surface area contributed by atoms with Gasteiger partial charge in [-0.15, -0.1) is 0 Å². The molecule has 1 heterocycles. The lowest BCUT2D eigenvalue weighted by atomic mass is 10.1. The van der Waals surface area contributed by atoms with Crippen molar-refractivity contribution in [1.29, 1.82) is 0 Å². The van der Waals surface area contributed by atoms with E-state index in [2.05, 4.69) is 0 Å². The summed E-state index contributed by atoms with van der Waals surface area (Å²) in [6.07, 6.45) is 1.49. The maximum absolute atomic E-state index is 12.6. The van der Waals surface area contributed by atoms with Crippen LogP contribution in [0.4, 0.5) is 5.69 Å². The minimum absolute atomic E-state index is 0.0578. The molecule has 0 aromatic heterocycles. The number of hydrogen-bond donors (Lipinski definition) is 0. The van der Waals surface area contributed by atoms with E-state index in [1.54, 1.807) is 36.4 Å². The number of halogens is 1. The number of ether oxygens (including phenoxy) is 2. The lowest BCUT2D eigenvalue weighted by molar-refractivity contribution is -0.384. The molecule has 144 valence electrons. The number of nitro benzene ring substituents is 1. The Bertz CT molecular complexity index is 1160. The summed E-state index contributed by atoms with van der Waals surface area (Å²) in [4.78, 5) is 23.0. The molecule has 6 nitrogen and oxygen atoms in total. The van der Waals surface area contributed by atoms with Gasteiger partial charge in [-0.05, 0) is 29.8 Å². The van der Waals surface area contributed by atoms with Crippen LogP contribution < -0.4 is 9.47 Å². The lowest BCUT2D eigenvalue weighted by Gasteiger charge is -2.08. The van der Waals surface area contributed by atoms with Gasteiger partial charge in [0.05, 0.1) is 10.5 Å². The second-order valence-corrected chi connectivity index (χ2v) is 6.74. The fourth-order valence-electron chi connectivity index (χ4n) is 2.91. The molecular formula is C22H14ClNO5. The highest BCUT2D eigenvalue weighted by Gasteiger charge is 2.28. The Morgan fingerprint density at radius 1 is 1.07 bits per heavy atom. The molecule has 0 aliphatic carbocycles. The zero-order valence-electron chi connectivity index (χ0n) is 15.0. The van der Waals surface area contributed by atoms with Gasteiger partial charge in [-0.3, -0.25) is 14.9 Å². The van der Waals surface area contributed by atoms with E-state index in [-0.39, 0.29) is 23.8 Å². The average molecular weight is 408 g/mol. The lowest BCUT2D eigenvalue weighted by Crippen LogP contribution is -1.98. The number of fused-ring (bicyclic) bond motifs is 1. The highest BCUT2D eigenvalue weighted by atomic mass is 35.5. The summed E-state index contributed by atoms with van der Waals surface area (Å²) in [5, 5.41) is 11.5. The molecule has 3 aromatic rings. The van der Waals surface area contributed by atoms with Crippen molar-refractivity contribution in [1.82, 2.24) is 0 Å². The van der Waals surface area contributed by atoms with Crippen LogP contribution in [0.1, 0.15) is 21.5 Å². The van der Waals surface area contributed by atoms with Crippen LogP contribution in [0.2, 0.25) is 5.02 Å². The zero-order valence-corrected chi connectivity index (χ0v) is 15.8. The Morgan fingerprint density at radius 2 is 1.90 bits per heavy atom. The Morgan fingerprint density at radius 3 is 2.69 bits per heavy atom. The normalized spacial score (nSPS) is 13.8. The molecule has 7 heteroatoms. The number of Topliss-reactive ketones (excluding diaryl/α,β-unsaturated/α-hetero) is 1. The first-order valence-corrected chi connectivity index (χ1v) is 9.08. The largest absolute Gasteiger partial charge is 0.489 e. The van der Waals surface area contributed by atoms with E-state index in [1.165, 1.54) is 18.2 Å². The van der Waals surface area contributed by atoms with Gasteiger partial charge in [-0.2, -0.15) is 0 Å². The molecule has 0 N–H and O–H groups in total. The SMILES string of the molecule is O=C1/C(=C/c2cccc([N+](=O)[O-])c2)Oc2cc(OCc3ccccc3Cl)ccc21. The number of non-ortho nitro benzene ring substituents is 1. The fourth-order valence-corrected chi connectivity index (χ4v) is 3.10. The van der Waals surface area contributed by atoms with Crippen molar-refractivity contribution in [2.24, 2.45) is 0 Å². The van der Waals surface area contributed by atoms with Gasteiger partial charge in [0.1, 0.15) is 18.1 Å². The van der Waals surface area contributed by atoms with E-state index < -0.39 is 4.92 Å². The molecule has 3 aromatic carbocycles. The first kappa shape index (κ1) is 18.7. The van der Waals surface area contributed by atoms with Gasteiger partial charge >= 0.3 is 0 Å². The fraction of sp³-hybridized carbons (Fsp3) is 0.0455. The highest BCUT2D eigenvalue weighted by molar-refractivity contribution is 6.31. The van der Waals surface area contributed by atoms with E-state index in [9.17, 15) is 14.9 Å². The minimum atomic E-state index is -0.489. The van der Waals surface area contributed by atoms with E-state index >= 15 is 0 Å². The zero-order chi connectivity index (χ0) is 20.4. The molecule has 0 unspecified atom stereocenters. The van der Waals surface area contributed by atoms with Gasteiger partial charge in [-0.25, -0.2) is 0 Å². The van der Waals surface area contributed by atoms with E-state index in [4.69, 9.17) is 21.1 Å². The van der Waals surface area contributed by atoms with Crippen LogP contribution in [0.5, 0.6) is 11.5 Å². The van der Waals surface area contributed by atoms with Gasteiger partial charge in [0.15, 0.2) is 5.76 Å². The van der Waals surface area contributed by atoms with Crippen molar-refractivity contribution >= 4 is 29.1 Å². The molecule has 1 aliphatic rings. The van der Waals surface area contributed by atoms with E-state index in [1.807, 2.05) is 18.2 Å². The summed E-state index contributed by atoms with van der Waals surface area (Å²) in [7, 11) is 0. The van der Waals surface area contributed by atoms with Crippen LogP contribution in [0.3, 0.4) is 0 Å². The van der Waals surface area contributed by atoms with E-state index in [0.717, 1.165) is 5.56 Å². The Kier molecular flexibility index (Phi) is 5.01. The quantitative estimate of drug-likeness (QED) is 0.319. The Hall–Kier alpha value is -3.64. The van der Waals surface area contributed by atoms with Gasteiger partial charge in [0, 0.05) is 28.8 Å². The van der Waals surface area contributed by atoms with Crippen LogP contribution in [0, 0.1) is 10.1 Å². The molecule has 4 rings (SSSR count). The standard InChI is InChI=1S/C22H14ClNO5/c23-19-7-2-1-5-15(19)13-28-17-8-9-18-20(12-17)29-21(22(18)25)11-14-4-3-6-16(10-14)24(26)27/h1-12H,13H2/b21-11-. The first-order chi connectivity index (χ1) is 14.0. The summed E-state index contributed by atoms with van der Waals surface area (Å²) < 4.78 is 11.4. The van der Waals surface area contributed by atoms with Crippen molar-refractivity contribution in [3.05, 3.63) is 104 Å². The molecule has 0 amide bonds. The van der Waals surface area contributed by atoms with Crippen molar-refractivity contribution in [3.63, 3.8) is 0 Å². The van der Waals surface area contributed by atoms with Crippen molar-refractivity contribution in [2.45, 2.75) is 6.61 Å². The summed E-state index contributed by atoms with van der Waals surface area (Å²) in [6, 6.07) is 18.3. The number of hydrogen-bond acceptors (Lipinski definition) is 5. The molecule has 0 radical (unpaired) electrons. The van der Waals surface area contributed by atoms with Crippen molar-refractivity contribution in [3.8, 4) is 11.5 Å². The monoisotopic (exact) mass is 407 g/mol. The van der Waals surface area contributed by atoms with Gasteiger partial charge < -0.3 is 9.47 Å². The van der Waals surface area contributed by atoms with Crippen molar-refractivity contribution in [2.75, 3.05) is 0 Å². The molecule has 29 heavy (non-hydrogen) atoms. The van der Waals surface area contributed by atoms with Crippen LogP contribution in [-0.4, -0.2) is 10.7 Å². The summed E-state index contributed by atoms with van der Waals surface area (Å²) in [5.41, 5.74) is 1.70. The maximum atomic E-state index is 12.6. The molecule has 0 saturated heterocycles. The third-order valence-electron chi connectivity index (χ3n) is 4.37. The number of nitro groups is 1. The molecule has 0 saturated carbocycles. The van der Waals surface area contributed by atoms with Gasteiger partial charge in [0.25, 0.3) is 5.69 Å². The van der Waals surface area contributed by atoms with Crippen LogP contribution >= 0.6 is 11.6 Å². The number of nitrogens with zero attached hydrogens (tertiary/aromatic N) is 1. The Balaban J connectivity index is 1.53. The summed E-state index contributed by atoms with van der Waals surface area (Å²) in [5.74, 6) is 0.726. The van der Waals surface area contributed by atoms with Gasteiger partial charge in [-0.1, -0.05) is 41.9 Å². The molecular weight excluding hydrogens is 394 g/mol. The number of ketones is 1. The average Bonchev–Trinajstić information content (AvgIpc) is 3.02.